The summed E-state index contributed by atoms with van der Waals surface area (Å²) in [4.78, 5) is 14.1. The molecule has 0 bridgehead atoms. The topological polar surface area (TPSA) is 29.5 Å². The predicted octanol–water partition coefficient (Wildman–Crippen LogP) is 7.43. The largest absolute Gasteiger partial charge is 0.457 e. The Hall–Kier alpha value is -0.480. The molecule has 156 valence electrons. The first-order chi connectivity index (χ1) is 13.9. The number of fused-ring (bicyclic) bond motifs is 2. The van der Waals surface area contributed by atoms with Crippen LogP contribution in [0.3, 0.4) is 0 Å². The third-order valence-electron chi connectivity index (χ3n) is 5.45. The molecule has 2 atom stereocenters. The number of halogens is 3. The van der Waals surface area contributed by atoms with Crippen LogP contribution >= 0.6 is 37.8 Å². The highest BCUT2D eigenvalue weighted by atomic mass is 36.1. The van der Waals surface area contributed by atoms with E-state index in [1.54, 1.807) is 0 Å². The molecule has 0 radical (unpaired) electrons. The lowest BCUT2D eigenvalue weighted by Gasteiger charge is -2.35. The van der Waals surface area contributed by atoms with Gasteiger partial charge in [-0.15, -0.1) is 0 Å². The first kappa shape index (κ1) is 21.7. The molecule has 2 heterocycles. The molecule has 0 aliphatic carbocycles. The van der Waals surface area contributed by atoms with Crippen LogP contribution in [0.5, 0.6) is 11.5 Å². The molecule has 2 aromatic carbocycles. The number of hydrogen-bond donors (Lipinski definition) is 0. The lowest BCUT2D eigenvalue weighted by Crippen LogP contribution is -2.37. The van der Waals surface area contributed by atoms with Crippen molar-refractivity contribution < 1.29 is 9.53 Å². The minimum atomic E-state index is -2.98. The highest BCUT2D eigenvalue weighted by Gasteiger charge is 2.39. The molecule has 0 amide bonds. The van der Waals surface area contributed by atoms with Crippen LogP contribution in [0.1, 0.15) is 48.8 Å². The number of carbonyl (C=O) groups is 1. The molecule has 2 aliphatic heterocycles. The zero-order valence-electron chi connectivity index (χ0n) is 16.1. The first-order valence-corrected chi connectivity index (χ1v) is 16.1. The van der Waals surface area contributed by atoms with E-state index in [1.807, 2.05) is 36.4 Å². The van der Waals surface area contributed by atoms with Gasteiger partial charge in [0.1, 0.15) is 11.5 Å². The Morgan fingerprint density at radius 2 is 1.76 bits per heavy atom. The maximum Gasteiger partial charge on any atom is 0.212 e. The Labute approximate surface area is 188 Å². The Morgan fingerprint density at radius 3 is 2.45 bits per heavy atom. The average Bonchev–Trinajstić information content (AvgIpc) is 2.71. The predicted molar refractivity (Wildman–Crippen MR) is 126 cm³/mol. The summed E-state index contributed by atoms with van der Waals surface area (Å²) < 4.78 is 5.30. The highest BCUT2D eigenvalue weighted by Crippen LogP contribution is 2.68. The highest BCUT2D eigenvalue weighted by molar-refractivity contribution is 8.63. The van der Waals surface area contributed by atoms with E-state index < -0.39 is 20.3 Å². The van der Waals surface area contributed by atoms with E-state index in [-0.39, 0.29) is 5.12 Å². The molecular weight excluding hydrogens is 468 g/mol. The number of para-hydroxylation sites is 1. The number of aryl methyl sites for hydroxylation is 1. The Bertz CT molecular complexity index is 993. The number of rotatable bonds is 3. The fraction of sp³-hybridized carbons (Fsp3) is 0.381. The summed E-state index contributed by atoms with van der Waals surface area (Å²) in [7, 11) is -1.05. The summed E-state index contributed by atoms with van der Waals surface area (Å²) in [6.07, 6.45) is 4.02. The molecule has 0 spiro atoms. The van der Waals surface area contributed by atoms with E-state index in [0.717, 1.165) is 61.2 Å². The lowest BCUT2D eigenvalue weighted by atomic mass is 9.85. The normalized spacial score (nSPS) is 20.3. The van der Waals surface area contributed by atoms with Crippen LogP contribution in [-0.4, -0.2) is 22.5 Å². The molecule has 2 aromatic rings. The van der Waals surface area contributed by atoms with Crippen molar-refractivity contribution in [1.29, 1.82) is 0 Å². The van der Waals surface area contributed by atoms with Crippen LogP contribution in [0, 0.1) is 0 Å². The molecule has 0 N–H and O–H groups in total. The van der Waals surface area contributed by atoms with Crippen LogP contribution in [0.2, 0.25) is 0 Å². The van der Waals surface area contributed by atoms with Gasteiger partial charge in [0.2, 0.25) is 5.12 Å². The molecular formula is C21H23Cl3NO2PS. The van der Waals surface area contributed by atoms with Crippen molar-refractivity contribution in [3.63, 3.8) is 0 Å². The second-order valence-corrected chi connectivity index (χ2v) is 20.1. The minimum Gasteiger partial charge on any atom is -0.457 e. The van der Waals surface area contributed by atoms with Crippen LogP contribution in [0.25, 0.3) is 0 Å². The van der Waals surface area contributed by atoms with Gasteiger partial charge in [0, 0.05) is 24.2 Å². The number of benzene rings is 2. The molecule has 0 aromatic heterocycles. The van der Waals surface area contributed by atoms with Gasteiger partial charge in [-0.2, -0.15) is 0 Å². The molecule has 1 saturated heterocycles. The number of ether oxygens (including phenoxy) is 1. The van der Waals surface area contributed by atoms with E-state index in [4.69, 9.17) is 38.5 Å². The summed E-state index contributed by atoms with van der Waals surface area (Å²) in [6, 6.07) is 13.7. The number of nitrogens with zero attached hydrogens (tertiary/aromatic N) is 1. The maximum absolute atomic E-state index is 14.1. The SMILES string of the molecule is CCc1cccc2c1C(C(=O)S(N1CCCCC1)=P(Cl)(Cl)Cl)c1ccccc1O2. The van der Waals surface area contributed by atoms with Crippen molar-refractivity contribution in [1.82, 2.24) is 4.31 Å². The lowest BCUT2D eigenvalue weighted by molar-refractivity contribution is -0.112. The molecule has 8 heteroatoms. The van der Waals surface area contributed by atoms with Crippen molar-refractivity contribution >= 4 is 53.2 Å². The summed E-state index contributed by atoms with van der Waals surface area (Å²) in [5.41, 5.74) is 2.88. The summed E-state index contributed by atoms with van der Waals surface area (Å²) in [5, 5.41) is -0.00173. The fourth-order valence-electron chi connectivity index (χ4n) is 4.15. The quantitative estimate of drug-likeness (QED) is 0.419. The second kappa shape index (κ2) is 8.94. The maximum atomic E-state index is 14.1. The van der Waals surface area contributed by atoms with Gasteiger partial charge in [-0.3, -0.25) is 4.79 Å². The average molecular weight is 491 g/mol. The van der Waals surface area contributed by atoms with Crippen LogP contribution in [-0.2, 0) is 21.5 Å². The molecule has 29 heavy (non-hydrogen) atoms. The van der Waals surface area contributed by atoms with Crippen LogP contribution in [0.4, 0.5) is 0 Å². The molecule has 3 nitrogen and oxygen atoms in total. The van der Waals surface area contributed by atoms with Gasteiger partial charge in [-0.1, -0.05) is 77.4 Å². The van der Waals surface area contributed by atoms with E-state index >= 15 is 0 Å². The van der Waals surface area contributed by atoms with Gasteiger partial charge < -0.3 is 4.74 Å². The third-order valence-corrected chi connectivity index (χ3v) is 13.2. The van der Waals surface area contributed by atoms with Gasteiger partial charge in [-0.05, 0) is 47.2 Å². The molecule has 2 aliphatic rings. The van der Waals surface area contributed by atoms with Crippen LogP contribution in [0.15, 0.2) is 42.5 Å². The van der Waals surface area contributed by atoms with Crippen molar-refractivity contribution in [2.45, 2.75) is 38.5 Å². The first-order valence-electron chi connectivity index (χ1n) is 9.82. The summed E-state index contributed by atoms with van der Waals surface area (Å²) in [5.74, 6) is 0.953. The van der Waals surface area contributed by atoms with Crippen molar-refractivity contribution in [3.8, 4) is 11.5 Å². The second-order valence-electron chi connectivity index (χ2n) is 7.23. The monoisotopic (exact) mass is 489 g/mol. The van der Waals surface area contributed by atoms with Crippen molar-refractivity contribution in [2.24, 2.45) is 0 Å². The summed E-state index contributed by atoms with van der Waals surface area (Å²) in [6.45, 7) is 3.69. The summed E-state index contributed by atoms with van der Waals surface area (Å²) >= 11 is 19.6. The number of hydrogen-bond acceptors (Lipinski definition) is 2. The van der Waals surface area contributed by atoms with E-state index in [0.29, 0.717) is 5.75 Å². The zero-order chi connectivity index (χ0) is 20.6. The Balaban J connectivity index is 1.90. The van der Waals surface area contributed by atoms with Gasteiger partial charge >= 0.3 is 0 Å². The minimum absolute atomic E-state index is 0.00173. The Kier molecular flexibility index (Phi) is 6.70. The van der Waals surface area contributed by atoms with Gasteiger partial charge in [-0.25, -0.2) is 4.31 Å². The van der Waals surface area contributed by atoms with Gasteiger partial charge in [0.05, 0.1) is 5.92 Å². The van der Waals surface area contributed by atoms with Crippen LogP contribution < -0.4 is 4.74 Å². The molecule has 0 saturated carbocycles. The van der Waals surface area contributed by atoms with E-state index in [2.05, 4.69) is 17.3 Å². The zero-order valence-corrected chi connectivity index (χ0v) is 20.1. The molecule has 4 rings (SSSR count). The number of piperidine rings is 1. The Morgan fingerprint density at radius 1 is 1.07 bits per heavy atom. The number of carbonyl (C=O) groups excluding carboxylic acids is 1. The van der Waals surface area contributed by atoms with E-state index in [1.165, 1.54) is 0 Å². The molecule has 1 fully saturated rings. The van der Waals surface area contributed by atoms with Gasteiger partial charge in [0.15, 0.2) is 4.10 Å². The van der Waals surface area contributed by atoms with Crippen molar-refractivity contribution in [3.05, 3.63) is 59.2 Å². The van der Waals surface area contributed by atoms with Gasteiger partial charge in [0.25, 0.3) is 0 Å². The smallest absolute Gasteiger partial charge is 0.212 e. The standard InChI is InChI=1S/C21H23Cl3NO2PS/c1-2-15-9-8-12-18-19(15)20(16-10-4-5-11-17(16)27-18)21(26)29(28(22,23)24)25-13-6-3-7-14-25/h4-5,8-12,20H,2-3,6-7,13-14H2,1H3. The van der Waals surface area contributed by atoms with E-state index in [9.17, 15) is 4.79 Å². The fourth-order valence-corrected chi connectivity index (χ4v) is 12.3. The molecule has 2 unspecified atom stereocenters. The third kappa shape index (κ3) is 4.31. The van der Waals surface area contributed by atoms with Crippen molar-refractivity contribution in [2.75, 3.05) is 13.1 Å².